The molecule has 2 aromatic carbocycles. The van der Waals surface area contributed by atoms with Gasteiger partial charge in [0.15, 0.2) is 5.16 Å². The van der Waals surface area contributed by atoms with Crippen LogP contribution in [0.1, 0.15) is 20.8 Å². The molecule has 178 valence electrons. The Labute approximate surface area is 201 Å². The number of hydrogen-bond donors (Lipinski definition) is 0. The minimum absolute atomic E-state index is 0.160. The molecule has 1 saturated heterocycles. The van der Waals surface area contributed by atoms with Gasteiger partial charge in [0.2, 0.25) is 0 Å². The van der Waals surface area contributed by atoms with Gasteiger partial charge in [-0.3, -0.25) is 14.2 Å². The molecule has 10 heteroatoms. The van der Waals surface area contributed by atoms with Crippen LogP contribution in [-0.4, -0.2) is 77.8 Å². The van der Waals surface area contributed by atoms with Gasteiger partial charge in [0.25, 0.3) is 11.8 Å². The summed E-state index contributed by atoms with van der Waals surface area (Å²) in [5.74, 6) is 0.345. The predicted octanol–water partition coefficient (Wildman–Crippen LogP) is 3.35. The number of halogens is 1. The van der Waals surface area contributed by atoms with Crippen LogP contribution in [0.4, 0.5) is 4.39 Å². The van der Waals surface area contributed by atoms with Gasteiger partial charge in [-0.25, -0.2) is 9.37 Å². The monoisotopic (exact) mass is 484 g/mol. The molecule has 0 aliphatic carbocycles. The van der Waals surface area contributed by atoms with Gasteiger partial charge in [-0.2, -0.15) is 0 Å². The van der Waals surface area contributed by atoms with E-state index in [-0.39, 0.29) is 17.6 Å². The van der Waals surface area contributed by atoms with Gasteiger partial charge in [-0.1, -0.05) is 11.8 Å². The highest BCUT2D eigenvalue weighted by molar-refractivity contribution is 7.98. The van der Waals surface area contributed by atoms with E-state index in [0.29, 0.717) is 59.8 Å². The maximum Gasteiger partial charge on any atom is 0.272 e. The summed E-state index contributed by atoms with van der Waals surface area (Å²) in [5.41, 5.74) is 1.50. The fourth-order valence-corrected chi connectivity index (χ4v) is 4.43. The number of aromatic nitrogens is 2. The molecule has 2 heterocycles. The van der Waals surface area contributed by atoms with Crippen molar-refractivity contribution in [2.24, 2.45) is 0 Å². The van der Waals surface area contributed by atoms with Gasteiger partial charge in [0.1, 0.15) is 23.0 Å². The number of thioether (sulfide) groups is 1. The lowest BCUT2D eigenvalue weighted by Gasteiger charge is -2.35. The first-order valence-corrected chi connectivity index (χ1v) is 11.9. The number of nitrogens with zero attached hydrogens (tertiary/aromatic N) is 4. The maximum atomic E-state index is 13.4. The molecule has 0 saturated carbocycles. The van der Waals surface area contributed by atoms with Crippen LogP contribution in [0.5, 0.6) is 11.5 Å². The van der Waals surface area contributed by atoms with E-state index in [2.05, 4.69) is 4.98 Å². The summed E-state index contributed by atoms with van der Waals surface area (Å²) in [4.78, 5) is 34.2. The van der Waals surface area contributed by atoms with E-state index in [1.807, 2.05) is 6.26 Å². The lowest BCUT2D eigenvalue weighted by molar-refractivity contribution is 0.0529. The van der Waals surface area contributed by atoms with Crippen molar-refractivity contribution in [2.75, 3.05) is 46.7 Å². The standard InChI is InChI=1S/C24H25FN4O4S/c1-32-18-8-9-19(21(14-18)33-2)22(30)27-10-12-28(13-11-27)23(31)20-15-26-24(34-3)29(20)17-6-4-16(25)5-7-17/h4-9,14-15H,10-13H2,1-3H3. The van der Waals surface area contributed by atoms with Crippen molar-refractivity contribution in [1.29, 1.82) is 0 Å². The number of benzene rings is 2. The van der Waals surface area contributed by atoms with E-state index in [1.165, 1.54) is 37.2 Å². The average Bonchev–Trinajstić information content (AvgIpc) is 3.32. The molecule has 34 heavy (non-hydrogen) atoms. The predicted molar refractivity (Wildman–Crippen MR) is 127 cm³/mol. The molecular weight excluding hydrogens is 459 g/mol. The number of piperazine rings is 1. The Hall–Kier alpha value is -3.53. The zero-order chi connectivity index (χ0) is 24.2. The summed E-state index contributed by atoms with van der Waals surface area (Å²) < 4.78 is 25.7. The van der Waals surface area contributed by atoms with Crippen LogP contribution in [0.25, 0.3) is 5.69 Å². The molecule has 1 aromatic heterocycles. The molecule has 2 amide bonds. The van der Waals surface area contributed by atoms with Crippen molar-refractivity contribution in [1.82, 2.24) is 19.4 Å². The van der Waals surface area contributed by atoms with Gasteiger partial charge in [-0.15, -0.1) is 0 Å². The van der Waals surface area contributed by atoms with E-state index in [0.717, 1.165) is 0 Å². The van der Waals surface area contributed by atoms with Crippen molar-refractivity contribution in [3.05, 3.63) is 65.7 Å². The van der Waals surface area contributed by atoms with Crippen LogP contribution in [0.2, 0.25) is 0 Å². The first-order chi connectivity index (χ1) is 16.5. The summed E-state index contributed by atoms with van der Waals surface area (Å²) in [5, 5.41) is 0.635. The third kappa shape index (κ3) is 4.58. The molecule has 0 bridgehead atoms. The highest BCUT2D eigenvalue weighted by atomic mass is 32.2. The van der Waals surface area contributed by atoms with Gasteiger partial charge in [0.05, 0.1) is 26.0 Å². The lowest BCUT2D eigenvalue weighted by atomic mass is 10.1. The van der Waals surface area contributed by atoms with Crippen LogP contribution < -0.4 is 9.47 Å². The average molecular weight is 485 g/mol. The highest BCUT2D eigenvalue weighted by Gasteiger charge is 2.29. The summed E-state index contributed by atoms with van der Waals surface area (Å²) in [6.45, 7) is 1.54. The molecule has 8 nitrogen and oxygen atoms in total. The Morgan fingerprint density at radius 1 is 0.941 bits per heavy atom. The van der Waals surface area contributed by atoms with Crippen molar-refractivity contribution in [3.8, 4) is 17.2 Å². The number of ether oxygens (including phenoxy) is 2. The molecule has 0 atom stereocenters. The number of imidazole rings is 1. The molecule has 0 N–H and O–H groups in total. The van der Waals surface area contributed by atoms with Crippen molar-refractivity contribution in [3.63, 3.8) is 0 Å². The van der Waals surface area contributed by atoms with Gasteiger partial charge >= 0.3 is 0 Å². The first-order valence-electron chi connectivity index (χ1n) is 10.6. The molecule has 1 fully saturated rings. The Balaban J connectivity index is 1.49. The van der Waals surface area contributed by atoms with Crippen molar-refractivity contribution >= 4 is 23.6 Å². The van der Waals surface area contributed by atoms with E-state index in [1.54, 1.807) is 51.8 Å². The molecule has 0 radical (unpaired) electrons. The molecule has 1 aliphatic heterocycles. The van der Waals surface area contributed by atoms with Crippen LogP contribution in [-0.2, 0) is 0 Å². The van der Waals surface area contributed by atoms with Crippen LogP contribution >= 0.6 is 11.8 Å². The Morgan fingerprint density at radius 2 is 1.59 bits per heavy atom. The zero-order valence-corrected chi connectivity index (χ0v) is 20.0. The second-order valence-electron chi connectivity index (χ2n) is 7.59. The largest absolute Gasteiger partial charge is 0.497 e. The van der Waals surface area contributed by atoms with Crippen LogP contribution in [0, 0.1) is 5.82 Å². The van der Waals surface area contributed by atoms with Gasteiger partial charge in [-0.05, 0) is 42.7 Å². The van der Waals surface area contributed by atoms with E-state index in [9.17, 15) is 14.0 Å². The Morgan fingerprint density at radius 3 is 2.18 bits per heavy atom. The first kappa shape index (κ1) is 23.6. The molecular formula is C24H25FN4O4S. The zero-order valence-electron chi connectivity index (χ0n) is 19.2. The number of hydrogen-bond acceptors (Lipinski definition) is 6. The molecule has 1 aliphatic rings. The lowest BCUT2D eigenvalue weighted by Crippen LogP contribution is -2.50. The Bertz CT molecular complexity index is 1190. The van der Waals surface area contributed by atoms with Crippen molar-refractivity contribution in [2.45, 2.75) is 5.16 Å². The minimum atomic E-state index is -0.350. The van der Waals surface area contributed by atoms with E-state index < -0.39 is 0 Å². The van der Waals surface area contributed by atoms with E-state index in [4.69, 9.17) is 9.47 Å². The molecule has 0 spiro atoms. The van der Waals surface area contributed by atoms with Crippen LogP contribution in [0.15, 0.2) is 53.8 Å². The van der Waals surface area contributed by atoms with Gasteiger partial charge < -0.3 is 19.3 Å². The fraction of sp³-hybridized carbons (Fsp3) is 0.292. The Kier molecular flexibility index (Phi) is 7.06. The highest BCUT2D eigenvalue weighted by Crippen LogP contribution is 2.27. The van der Waals surface area contributed by atoms with Gasteiger partial charge in [0, 0.05) is 37.9 Å². The summed E-state index contributed by atoms with van der Waals surface area (Å²) >= 11 is 1.40. The summed E-state index contributed by atoms with van der Waals surface area (Å²) in [7, 11) is 3.06. The number of carbonyl (C=O) groups excluding carboxylic acids is 2. The van der Waals surface area contributed by atoms with Crippen LogP contribution in [0.3, 0.4) is 0 Å². The maximum absolute atomic E-state index is 13.4. The second-order valence-corrected chi connectivity index (χ2v) is 8.37. The third-order valence-electron chi connectivity index (χ3n) is 5.71. The number of amides is 2. The SMILES string of the molecule is COc1ccc(C(=O)N2CCN(C(=O)c3cnc(SC)n3-c3ccc(F)cc3)CC2)c(OC)c1. The summed E-state index contributed by atoms with van der Waals surface area (Å²) in [6, 6.07) is 11.0. The minimum Gasteiger partial charge on any atom is -0.497 e. The number of methoxy groups -OCH3 is 2. The summed E-state index contributed by atoms with van der Waals surface area (Å²) in [6.07, 6.45) is 3.41. The smallest absolute Gasteiger partial charge is 0.272 e. The third-order valence-corrected chi connectivity index (χ3v) is 6.36. The number of carbonyl (C=O) groups is 2. The van der Waals surface area contributed by atoms with E-state index >= 15 is 0 Å². The topological polar surface area (TPSA) is 76.9 Å². The molecule has 3 aromatic rings. The normalized spacial score (nSPS) is 13.6. The number of rotatable bonds is 6. The fourth-order valence-electron chi connectivity index (χ4n) is 3.89. The molecule has 4 rings (SSSR count). The quantitative estimate of drug-likeness (QED) is 0.500. The second kappa shape index (κ2) is 10.2. The molecule has 0 unspecified atom stereocenters. The van der Waals surface area contributed by atoms with Crippen molar-refractivity contribution < 1.29 is 23.5 Å².